The van der Waals surface area contributed by atoms with E-state index < -0.39 is 31.0 Å². The SMILES string of the molecule is C[Si](C)(C)CCOCn1c(=O)c(-c2cccc(C(=O)O)c2F)nc2ccccc21. The van der Waals surface area contributed by atoms with Crippen molar-refractivity contribution in [3.63, 3.8) is 0 Å². The van der Waals surface area contributed by atoms with E-state index in [2.05, 4.69) is 24.6 Å². The second-order valence-electron chi connectivity index (χ2n) is 8.00. The van der Waals surface area contributed by atoms with Crippen molar-refractivity contribution in [2.75, 3.05) is 6.61 Å². The van der Waals surface area contributed by atoms with E-state index in [4.69, 9.17) is 4.74 Å². The largest absolute Gasteiger partial charge is 0.478 e. The van der Waals surface area contributed by atoms with Crippen molar-refractivity contribution in [3.8, 4) is 11.3 Å². The molecule has 6 nitrogen and oxygen atoms in total. The number of ether oxygens (including phenoxy) is 1. The summed E-state index contributed by atoms with van der Waals surface area (Å²) in [5.74, 6) is -2.38. The first-order valence-corrected chi connectivity index (χ1v) is 13.0. The molecule has 2 aromatic carbocycles. The van der Waals surface area contributed by atoms with Gasteiger partial charge in [-0.1, -0.05) is 37.8 Å². The smallest absolute Gasteiger partial charge is 0.338 e. The van der Waals surface area contributed by atoms with E-state index in [0.29, 0.717) is 17.6 Å². The van der Waals surface area contributed by atoms with Crippen molar-refractivity contribution in [2.24, 2.45) is 0 Å². The number of aromatic carboxylic acids is 1. The van der Waals surface area contributed by atoms with Crippen LogP contribution in [0.5, 0.6) is 0 Å². The molecule has 29 heavy (non-hydrogen) atoms. The summed E-state index contributed by atoms with van der Waals surface area (Å²) in [5.41, 5.74) is -0.248. The molecule has 1 heterocycles. The molecule has 0 bridgehead atoms. The van der Waals surface area contributed by atoms with Crippen molar-refractivity contribution >= 4 is 25.1 Å². The maximum absolute atomic E-state index is 14.8. The molecule has 8 heteroatoms. The number of halogens is 1. The summed E-state index contributed by atoms with van der Waals surface area (Å²) in [4.78, 5) is 28.7. The lowest BCUT2D eigenvalue weighted by molar-refractivity contribution is 0.0692. The van der Waals surface area contributed by atoms with E-state index in [1.54, 1.807) is 24.3 Å². The molecule has 0 radical (unpaired) electrons. The van der Waals surface area contributed by atoms with Gasteiger partial charge in [0.25, 0.3) is 5.56 Å². The van der Waals surface area contributed by atoms with E-state index in [1.165, 1.54) is 16.7 Å². The lowest BCUT2D eigenvalue weighted by atomic mass is 10.1. The van der Waals surface area contributed by atoms with Crippen LogP contribution < -0.4 is 5.56 Å². The van der Waals surface area contributed by atoms with Gasteiger partial charge in [-0.05, 0) is 30.3 Å². The Labute approximate surface area is 168 Å². The number of fused-ring (bicyclic) bond motifs is 1. The van der Waals surface area contributed by atoms with Crippen LogP contribution >= 0.6 is 0 Å². The van der Waals surface area contributed by atoms with Gasteiger partial charge in [-0.2, -0.15) is 0 Å². The minimum absolute atomic E-state index is 0.0135. The molecule has 0 saturated carbocycles. The molecule has 3 rings (SSSR count). The van der Waals surface area contributed by atoms with Gasteiger partial charge in [0, 0.05) is 20.2 Å². The minimum Gasteiger partial charge on any atom is -0.478 e. The van der Waals surface area contributed by atoms with Crippen LogP contribution in [0.1, 0.15) is 10.4 Å². The van der Waals surface area contributed by atoms with Gasteiger partial charge in [-0.15, -0.1) is 0 Å². The van der Waals surface area contributed by atoms with Crippen molar-refractivity contribution in [3.05, 3.63) is 64.2 Å². The van der Waals surface area contributed by atoms with Crippen LogP contribution in [0, 0.1) is 5.82 Å². The zero-order chi connectivity index (χ0) is 21.2. The molecular weight excluding hydrogens is 391 g/mol. The molecule has 0 spiro atoms. The van der Waals surface area contributed by atoms with Gasteiger partial charge in [0.1, 0.15) is 18.2 Å². The van der Waals surface area contributed by atoms with Gasteiger partial charge in [0.2, 0.25) is 0 Å². The number of carboxylic acids is 1. The lowest BCUT2D eigenvalue weighted by Gasteiger charge is -2.17. The molecular formula is C21H23FN2O4Si. The van der Waals surface area contributed by atoms with Gasteiger partial charge >= 0.3 is 5.97 Å². The number of carbonyl (C=O) groups is 1. The average molecular weight is 415 g/mol. The first-order chi connectivity index (χ1) is 13.7. The van der Waals surface area contributed by atoms with Crippen LogP contribution in [0.3, 0.4) is 0 Å². The number of hydrogen-bond acceptors (Lipinski definition) is 4. The molecule has 0 aliphatic rings. The lowest BCUT2D eigenvalue weighted by Crippen LogP contribution is -2.27. The van der Waals surface area contributed by atoms with Crippen LogP contribution in [0.4, 0.5) is 4.39 Å². The predicted octanol–water partition coefficient (Wildman–Crippen LogP) is 4.21. The Hall–Kier alpha value is -2.84. The monoisotopic (exact) mass is 414 g/mol. The fraction of sp³-hybridized carbons (Fsp3) is 0.286. The summed E-state index contributed by atoms with van der Waals surface area (Å²) >= 11 is 0. The quantitative estimate of drug-likeness (QED) is 0.463. The summed E-state index contributed by atoms with van der Waals surface area (Å²) < 4.78 is 21.9. The zero-order valence-electron chi connectivity index (χ0n) is 16.6. The van der Waals surface area contributed by atoms with E-state index in [9.17, 15) is 19.1 Å². The molecule has 1 aromatic heterocycles. The van der Waals surface area contributed by atoms with Crippen molar-refractivity contribution in [1.29, 1.82) is 0 Å². The molecule has 152 valence electrons. The van der Waals surface area contributed by atoms with Gasteiger partial charge in [0.05, 0.1) is 16.6 Å². The first-order valence-electron chi connectivity index (χ1n) is 9.28. The summed E-state index contributed by atoms with van der Waals surface area (Å²) in [6.07, 6.45) is 0. The highest BCUT2D eigenvalue weighted by molar-refractivity contribution is 6.76. The maximum atomic E-state index is 14.8. The highest BCUT2D eigenvalue weighted by Gasteiger charge is 2.20. The van der Waals surface area contributed by atoms with Gasteiger partial charge in [-0.25, -0.2) is 14.2 Å². The topological polar surface area (TPSA) is 81.4 Å². The zero-order valence-corrected chi connectivity index (χ0v) is 17.6. The Kier molecular flexibility index (Phi) is 5.95. The average Bonchev–Trinajstić information content (AvgIpc) is 2.65. The molecule has 0 aliphatic carbocycles. The van der Waals surface area contributed by atoms with E-state index in [1.807, 2.05) is 0 Å². The molecule has 3 aromatic rings. The van der Waals surface area contributed by atoms with Gasteiger partial charge < -0.3 is 9.84 Å². The third kappa shape index (κ3) is 4.60. The number of benzene rings is 2. The molecule has 0 unspecified atom stereocenters. The number of para-hydroxylation sites is 2. The standard InChI is InChI=1S/C21H23FN2O4Si/c1-29(2,3)12-11-28-13-24-17-10-5-4-9-16(17)23-19(20(24)25)14-7-6-8-15(18(14)22)21(26)27/h4-10H,11-13H2,1-3H3,(H,26,27). The van der Waals surface area contributed by atoms with Crippen LogP contribution in [-0.2, 0) is 11.5 Å². The Morgan fingerprint density at radius 3 is 2.59 bits per heavy atom. The van der Waals surface area contributed by atoms with Crippen LogP contribution in [0.25, 0.3) is 22.3 Å². The molecule has 0 atom stereocenters. The minimum atomic E-state index is -1.40. The number of rotatable bonds is 7. The molecule has 0 amide bonds. The number of aromatic nitrogens is 2. The molecule has 0 saturated heterocycles. The van der Waals surface area contributed by atoms with Crippen molar-refractivity contribution in [1.82, 2.24) is 9.55 Å². The van der Waals surface area contributed by atoms with Crippen molar-refractivity contribution < 1.29 is 19.0 Å². The van der Waals surface area contributed by atoms with E-state index in [-0.39, 0.29) is 18.0 Å². The van der Waals surface area contributed by atoms with E-state index in [0.717, 1.165) is 12.1 Å². The molecule has 0 fully saturated rings. The van der Waals surface area contributed by atoms with Crippen molar-refractivity contribution in [2.45, 2.75) is 32.4 Å². The summed E-state index contributed by atoms with van der Waals surface area (Å²) in [6, 6.07) is 11.9. The van der Waals surface area contributed by atoms with Gasteiger partial charge in [0.15, 0.2) is 0 Å². The highest BCUT2D eigenvalue weighted by atomic mass is 28.3. The Morgan fingerprint density at radius 1 is 1.17 bits per heavy atom. The fourth-order valence-corrected chi connectivity index (χ4v) is 3.67. The number of nitrogens with zero attached hydrogens (tertiary/aromatic N) is 2. The normalized spacial score (nSPS) is 11.7. The number of carboxylic acid groups (broad SMARTS) is 1. The fourth-order valence-electron chi connectivity index (χ4n) is 2.91. The van der Waals surface area contributed by atoms with Crippen LogP contribution in [0.15, 0.2) is 47.3 Å². The summed E-state index contributed by atoms with van der Waals surface area (Å²) in [6.45, 7) is 7.25. The Bertz CT molecular complexity index is 1120. The highest BCUT2D eigenvalue weighted by Crippen LogP contribution is 2.23. The Morgan fingerprint density at radius 2 is 1.90 bits per heavy atom. The van der Waals surface area contributed by atoms with Gasteiger partial charge in [-0.3, -0.25) is 9.36 Å². The molecule has 1 N–H and O–H groups in total. The second kappa shape index (κ2) is 8.26. The second-order valence-corrected chi connectivity index (χ2v) is 13.6. The Balaban J connectivity index is 2.09. The summed E-state index contributed by atoms with van der Waals surface area (Å²) in [7, 11) is -1.28. The third-order valence-corrected chi connectivity index (χ3v) is 6.26. The summed E-state index contributed by atoms with van der Waals surface area (Å²) in [5, 5.41) is 9.18. The first kappa shape index (κ1) is 20.9. The number of hydrogen-bond donors (Lipinski definition) is 1. The third-order valence-electron chi connectivity index (χ3n) is 4.55. The molecule has 0 aliphatic heterocycles. The van der Waals surface area contributed by atoms with Crippen LogP contribution in [0.2, 0.25) is 25.7 Å². The van der Waals surface area contributed by atoms with E-state index >= 15 is 0 Å². The maximum Gasteiger partial charge on any atom is 0.338 e. The van der Waals surface area contributed by atoms with Crippen LogP contribution in [-0.4, -0.2) is 35.3 Å². The predicted molar refractivity (Wildman–Crippen MR) is 112 cm³/mol.